The molecule has 3 rings (SSSR count). The van der Waals surface area contributed by atoms with Crippen molar-refractivity contribution < 1.29 is 0 Å². The Morgan fingerprint density at radius 2 is 2.04 bits per heavy atom. The molecule has 6 heteroatoms. The van der Waals surface area contributed by atoms with Crippen molar-refractivity contribution in [3.63, 3.8) is 0 Å². The first-order chi connectivity index (χ1) is 11.0. The van der Waals surface area contributed by atoms with Gasteiger partial charge in [0.2, 0.25) is 0 Å². The minimum Gasteiger partial charge on any atom is -0.398 e. The maximum atomic E-state index is 6.24. The third kappa shape index (κ3) is 2.82. The predicted octanol–water partition coefficient (Wildman–Crippen LogP) is 2.38. The first kappa shape index (κ1) is 15.6. The van der Waals surface area contributed by atoms with Crippen molar-refractivity contribution in [3.05, 3.63) is 23.9 Å². The van der Waals surface area contributed by atoms with E-state index in [2.05, 4.69) is 29.4 Å². The molecule has 3 N–H and O–H groups in total. The number of nitrogens with one attached hydrogen (secondary N) is 1. The van der Waals surface area contributed by atoms with E-state index in [9.17, 15) is 0 Å². The summed E-state index contributed by atoms with van der Waals surface area (Å²) in [5.41, 5.74) is 10.8. The van der Waals surface area contributed by atoms with Gasteiger partial charge in [-0.2, -0.15) is 5.10 Å². The summed E-state index contributed by atoms with van der Waals surface area (Å²) >= 11 is 0. The number of pyridine rings is 1. The zero-order valence-electron chi connectivity index (χ0n) is 14.2. The Hall–Kier alpha value is -2.34. The second-order valence-electron chi connectivity index (χ2n) is 6.22. The van der Waals surface area contributed by atoms with E-state index < -0.39 is 0 Å². The topological polar surface area (TPSA) is 72.0 Å². The number of nitrogens with two attached hydrogens (primary N) is 1. The number of hydrogen-bond donors (Lipinski definition) is 2. The van der Waals surface area contributed by atoms with E-state index in [0.717, 1.165) is 58.5 Å². The van der Waals surface area contributed by atoms with E-state index in [0.29, 0.717) is 0 Å². The molecule has 0 unspecified atom stereocenters. The van der Waals surface area contributed by atoms with Crippen molar-refractivity contribution in [2.45, 2.75) is 13.3 Å². The number of nitrogen functional groups attached to an aromatic ring is 1. The first-order valence-corrected chi connectivity index (χ1v) is 7.89. The summed E-state index contributed by atoms with van der Waals surface area (Å²) < 4.78 is 1.83. The molecular formula is C17H24N6. The Morgan fingerprint density at radius 3 is 2.78 bits per heavy atom. The van der Waals surface area contributed by atoms with E-state index in [1.807, 2.05) is 36.9 Å². The predicted molar refractivity (Wildman–Crippen MR) is 96.8 cm³/mol. The molecule has 0 aliphatic heterocycles. The molecule has 0 fully saturated rings. The fourth-order valence-electron chi connectivity index (χ4n) is 3.01. The molecule has 0 aliphatic rings. The zero-order chi connectivity index (χ0) is 16.6. The fraction of sp³-hybridized carbons (Fsp3) is 0.412. The van der Waals surface area contributed by atoms with Crippen LogP contribution in [0.15, 0.2) is 18.2 Å². The average molecular weight is 312 g/mol. The lowest BCUT2D eigenvalue weighted by Gasteiger charge is -2.14. The van der Waals surface area contributed by atoms with Crippen LogP contribution in [0, 0.1) is 6.92 Å². The van der Waals surface area contributed by atoms with Gasteiger partial charge < -0.3 is 16.0 Å². The summed E-state index contributed by atoms with van der Waals surface area (Å²) in [5, 5.41) is 10.2. The van der Waals surface area contributed by atoms with Gasteiger partial charge in [0, 0.05) is 24.7 Å². The highest BCUT2D eigenvalue weighted by molar-refractivity contribution is 6.12. The number of aromatic nitrogens is 3. The van der Waals surface area contributed by atoms with Crippen molar-refractivity contribution in [2.75, 3.05) is 38.2 Å². The fourth-order valence-corrected chi connectivity index (χ4v) is 3.01. The molecule has 0 radical (unpaired) electrons. The van der Waals surface area contributed by atoms with Crippen LogP contribution in [0.25, 0.3) is 21.9 Å². The van der Waals surface area contributed by atoms with Gasteiger partial charge in [0.15, 0.2) is 5.65 Å². The van der Waals surface area contributed by atoms with Crippen LogP contribution in [0.2, 0.25) is 0 Å². The van der Waals surface area contributed by atoms with Crippen molar-refractivity contribution in [3.8, 4) is 0 Å². The molecule has 2 heterocycles. The van der Waals surface area contributed by atoms with E-state index in [-0.39, 0.29) is 0 Å². The van der Waals surface area contributed by atoms with Crippen LogP contribution in [-0.2, 0) is 7.05 Å². The van der Waals surface area contributed by atoms with Gasteiger partial charge in [0.25, 0.3) is 0 Å². The van der Waals surface area contributed by atoms with Gasteiger partial charge in [-0.15, -0.1) is 0 Å². The van der Waals surface area contributed by atoms with E-state index in [1.54, 1.807) is 0 Å². The van der Waals surface area contributed by atoms with E-state index in [4.69, 9.17) is 10.7 Å². The lowest BCUT2D eigenvalue weighted by Crippen LogP contribution is -2.16. The highest BCUT2D eigenvalue weighted by atomic mass is 15.3. The van der Waals surface area contributed by atoms with Crippen LogP contribution in [0.5, 0.6) is 0 Å². The van der Waals surface area contributed by atoms with Crippen molar-refractivity contribution >= 4 is 33.3 Å². The Labute approximate surface area is 136 Å². The molecule has 0 atom stereocenters. The van der Waals surface area contributed by atoms with Gasteiger partial charge in [-0.3, -0.25) is 4.68 Å². The van der Waals surface area contributed by atoms with Gasteiger partial charge in [0.1, 0.15) is 0 Å². The Morgan fingerprint density at radius 1 is 1.26 bits per heavy atom. The summed E-state index contributed by atoms with van der Waals surface area (Å²) in [5.74, 6) is 0. The number of anilines is 2. The molecule has 0 amide bonds. The zero-order valence-corrected chi connectivity index (χ0v) is 14.2. The van der Waals surface area contributed by atoms with Crippen LogP contribution >= 0.6 is 0 Å². The molecule has 0 spiro atoms. The van der Waals surface area contributed by atoms with E-state index >= 15 is 0 Å². The largest absolute Gasteiger partial charge is 0.398 e. The van der Waals surface area contributed by atoms with Crippen LogP contribution in [-0.4, -0.2) is 46.8 Å². The summed E-state index contributed by atoms with van der Waals surface area (Å²) in [6.07, 6.45) is 1.06. The summed E-state index contributed by atoms with van der Waals surface area (Å²) in [4.78, 5) is 6.93. The first-order valence-electron chi connectivity index (χ1n) is 7.89. The van der Waals surface area contributed by atoms with Gasteiger partial charge in [0.05, 0.1) is 22.3 Å². The van der Waals surface area contributed by atoms with Crippen LogP contribution in [0.3, 0.4) is 0 Å². The lowest BCUT2D eigenvalue weighted by atomic mass is 10.1. The number of aryl methyl sites for hydroxylation is 2. The lowest BCUT2D eigenvalue weighted by molar-refractivity contribution is 0.405. The number of hydrogen-bond acceptors (Lipinski definition) is 5. The van der Waals surface area contributed by atoms with Crippen LogP contribution in [0.4, 0.5) is 11.4 Å². The summed E-state index contributed by atoms with van der Waals surface area (Å²) in [7, 11) is 6.10. The molecule has 2 aromatic heterocycles. The molecule has 0 saturated carbocycles. The average Bonchev–Trinajstić information content (AvgIpc) is 2.77. The molecule has 0 saturated heterocycles. The third-order valence-corrected chi connectivity index (χ3v) is 4.08. The number of fused-ring (bicyclic) bond motifs is 2. The van der Waals surface area contributed by atoms with Crippen molar-refractivity contribution in [1.29, 1.82) is 0 Å². The van der Waals surface area contributed by atoms with Crippen molar-refractivity contribution in [1.82, 2.24) is 19.7 Å². The van der Waals surface area contributed by atoms with Gasteiger partial charge in [-0.05, 0) is 46.1 Å². The highest BCUT2D eigenvalue weighted by Crippen LogP contribution is 2.35. The number of rotatable bonds is 5. The molecular weight excluding hydrogens is 288 g/mol. The molecule has 1 aromatic carbocycles. The third-order valence-electron chi connectivity index (χ3n) is 4.08. The second-order valence-corrected chi connectivity index (χ2v) is 6.22. The molecule has 3 aromatic rings. The highest BCUT2D eigenvalue weighted by Gasteiger charge is 2.16. The Bertz CT molecular complexity index is 849. The monoisotopic (exact) mass is 312 g/mol. The maximum absolute atomic E-state index is 6.24. The van der Waals surface area contributed by atoms with Crippen molar-refractivity contribution in [2.24, 2.45) is 7.05 Å². The van der Waals surface area contributed by atoms with Crippen LogP contribution in [0.1, 0.15) is 12.1 Å². The van der Waals surface area contributed by atoms with E-state index in [1.165, 1.54) is 0 Å². The number of nitrogens with zero attached hydrogens (tertiary/aromatic N) is 4. The smallest absolute Gasteiger partial charge is 0.160 e. The van der Waals surface area contributed by atoms with Gasteiger partial charge in [-0.1, -0.05) is 6.07 Å². The normalized spacial score (nSPS) is 11.7. The molecule has 122 valence electrons. The standard InChI is InChI=1S/C17H24N6/c1-11-14-16(19-9-6-10-22(2)3)15-12(18)7-5-8-13(15)20-17(14)23(4)21-11/h5,7-8H,6,9-10,18H2,1-4H3,(H,19,20). The quantitative estimate of drug-likeness (QED) is 0.559. The number of benzene rings is 1. The van der Waals surface area contributed by atoms with Gasteiger partial charge in [-0.25, -0.2) is 4.98 Å². The minimum absolute atomic E-state index is 0.746. The Kier molecular flexibility index (Phi) is 4.09. The Balaban J connectivity index is 2.13. The molecule has 0 bridgehead atoms. The van der Waals surface area contributed by atoms with Crippen LogP contribution < -0.4 is 11.1 Å². The summed E-state index contributed by atoms with van der Waals surface area (Å²) in [6.45, 7) is 3.94. The second kappa shape index (κ2) is 6.04. The molecule has 0 aliphatic carbocycles. The maximum Gasteiger partial charge on any atom is 0.160 e. The minimum atomic E-state index is 0.746. The summed E-state index contributed by atoms with van der Waals surface area (Å²) in [6, 6.07) is 5.86. The molecule has 6 nitrogen and oxygen atoms in total. The van der Waals surface area contributed by atoms with Gasteiger partial charge >= 0.3 is 0 Å². The SMILES string of the molecule is Cc1nn(C)c2nc3cccc(N)c3c(NCCCN(C)C)c12. The molecule has 23 heavy (non-hydrogen) atoms.